The Bertz CT molecular complexity index is 1110. The molecule has 1 unspecified atom stereocenters. The zero-order valence-corrected chi connectivity index (χ0v) is 16.3. The van der Waals surface area contributed by atoms with Gasteiger partial charge in [0.15, 0.2) is 21.3 Å². The molecule has 1 aliphatic heterocycles. The molecule has 0 aromatic carbocycles. The molecule has 138 valence electrons. The topological polar surface area (TPSA) is 82.7 Å². The Kier molecular flexibility index (Phi) is 3.91. The minimum atomic E-state index is -3.42. The molecule has 7 nitrogen and oxygen atoms in total. The van der Waals surface area contributed by atoms with E-state index in [1.165, 1.54) is 0 Å². The molecule has 0 spiro atoms. The Morgan fingerprint density at radius 3 is 2.85 bits per heavy atom. The number of aromatic nitrogens is 5. The highest BCUT2D eigenvalue weighted by Gasteiger charge is 2.33. The molecular formula is C18H23N5O2S. The van der Waals surface area contributed by atoms with Crippen LogP contribution in [0, 0.1) is 12.8 Å². The molecule has 0 N–H and O–H groups in total. The van der Waals surface area contributed by atoms with E-state index in [4.69, 9.17) is 0 Å². The van der Waals surface area contributed by atoms with Crippen LogP contribution in [0.3, 0.4) is 0 Å². The monoisotopic (exact) mass is 373 g/mol. The normalized spacial score (nSPS) is 17.6. The minimum absolute atomic E-state index is 0.0500. The van der Waals surface area contributed by atoms with Gasteiger partial charge in [-0.2, -0.15) is 5.10 Å². The fraction of sp³-hybridized carbons (Fsp3) is 0.500. The first kappa shape index (κ1) is 17.2. The first-order valence-corrected chi connectivity index (χ1v) is 10.6. The second kappa shape index (κ2) is 5.90. The van der Waals surface area contributed by atoms with Crippen LogP contribution in [-0.4, -0.2) is 38.5 Å². The van der Waals surface area contributed by atoms with Crippen LogP contribution in [-0.2, 0) is 29.9 Å². The number of fused-ring (bicyclic) bond motifs is 2. The van der Waals surface area contributed by atoms with E-state index < -0.39 is 9.84 Å². The third-order valence-electron chi connectivity index (χ3n) is 5.13. The Morgan fingerprint density at radius 1 is 1.35 bits per heavy atom. The van der Waals surface area contributed by atoms with E-state index in [1.54, 1.807) is 13.1 Å². The molecule has 4 heterocycles. The number of aryl methyl sites for hydroxylation is 3. The predicted molar refractivity (Wildman–Crippen MR) is 99.7 cm³/mol. The molecule has 0 fully saturated rings. The number of hydrogen-bond acceptors (Lipinski definition) is 5. The second-order valence-electron chi connectivity index (χ2n) is 7.20. The van der Waals surface area contributed by atoms with Crippen molar-refractivity contribution in [2.24, 2.45) is 13.0 Å². The van der Waals surface area contributed by atoms with Crippen molar-refractivity contribution in [2.75, 3.05) is 5.75 Å². The van der Waals surface area contributed by atoms with E-state index in [-0.39, 0.29) is 5.75 Å². The summed E-state index contributed by atoms with van der Waals surface area (Å²) in [6, 6.07) is 1.96. The van der Waals surface area contributed by atoms with Crippen molar-refractivity contribution in [3.8, 4) is 11.5 Å². The maximum atomic E-state index is 12.9. The summed E-state index contributed by atoms with van der Waals surface area (Å²) in [5, 5.41) is 4.67. The van der Waals surface area contributed by atoms with Crippen molar-refractivity contribution in [3.63, 3.8) is 0 Å². The van der Waals surface area contributed by atoms with Crippen molar-refractivity contribution < 1.29 is 8.42 Å². The largest absolute Gasteiger partial charge is 0.310 e. The number of pyridine rings is 1. The average molecular weight is 373 g/mol. The van der Waals surface area contributed by atoms with Gasteiger partial charge >= 0.3 is 0 Å². The van der Waals surface area contributed by atoms with Crippen LogP contribution in [0.2, 0.25) is 0 Å². The molecule has 26 heavy (non-hydrogen) atoms. The summed E-state index contributed by atoms with van der Waals surface area (Å²) in [5.74, 6) is 1.05. The smallest absolute Gasteiger partial charge is 0.182 e. The molecule has 1 aliphatic rings. The number of hydrogen-bond donors (Lipinski definition) is 0. The van der Waals surface area contributed by atoms with Gasteiger partial charge in [0, 0.05) is 19.8 Å². The number of sulfone groups is 1. The molecule has 3 aromatic rings. The van der Waals surface area contributed by atoms with Gasteiger partial charge in [-0.1, -0.05) is 13.8 Å². The molecule has 0 bridgehead atoms. The second-order valence-corrected chi connectivity index (χ2v) is 9.41. The van der Waals surface area contributed by atoms with Crippen LogP contribution in [0.25, 0.3) is 22.7 Å². The third-order valence-corrected chi connectivity index (χ3v) is 6.94. The number of rotatable bonds is 3. The van der Waals surface area contributed by atoms with E-state index in [0.29, 0.717) is 22.3 Å². The van der Waals surface area contributed by atoms with Crippen molar-refractivity contribution in [2.45, 2.75) is 45.1 Å². The molecule has 8 heteroatoms. The molecule has 3 aromatic heterocycles. The summed E-state index contributed by atoms with van der Waals surface area (Å²) in [4.78, 5) is 9.47. The Morgan fingerprint density at radius 2 is 2.12 bits per heavy atom. The highest BCUT2D eigenvalue weighted by Crippen LogP contribution is 2.35. The number of imidazole rings is 1. The predicted octanol–water partition coefficient (Wildman–Crippen LogP) is 2.52. The van der Waals surface area contributed by atoms with Gasteiger partial charge in [-0.05, 0) is 37.3 Å². The molecule has 1 atom stereocenters. The van der Waals surface area contributed by atoms with Gasteiger partial charge in [0.05, 0.1) is 11.4 Å². The SMILES string of the molecule is CCS(=O)(=O)c1c(-c2nc3cc(C)cnc3n2C)nn2c1CC(C)CC2. The van der Waals surface area contributed by atoms with Crippen LogP contribution >= 0.6 is 0 Å². The fourth-order valence-corrected chi connectivity index (χ4v) is 4.91. The maximum Gasteiger partial charge on any atom is 0.182 e. The molecule has 0 aliphatic carbocycles. The third kappa shape index (κ3) is 2.55. The average Bonchev–Trinajstić information content (AvgIpc) is 3.12. The zero-order valence-electron chi connectivity index (χ0n) is 15.5. The lowest BCUT2D eigenvalue weighted by molar-refractivity contribution is 0.387. The minimum Gasteiger partial charge on any atom is -0.310 e. The van der Waals surface area contributed by atoms with Crippen molar-refractivity contribution in [3.05, 3.63) is 23.5 Å². The number of nitrogens with zero attached hydrogens (tertiary/aromatic N) is 5. The summed E-state index contributed by atoms with van der Waals surface area (Å²) in [5.41, 5.74) is 3.76. The van der Waals surface area contributed by atoms with Gasteiger partial charge in [-0.3, -0.25) is 4.68 Å². The zero-order chi connectivity index (χ0) is 18.6. The van der Waals surface area contributed by atoms with Crippen LogP contribution in [0.4, 0.5) is 0 Å². The summed E-state index contributed by atoms with van der Waals surface area (Å²) in [6.07, 6.45) is 3.52. The quantitative estimate of drug-likeness (QED) is 0.704. The Hall–Kier alpha value is -2.22. The first-order valence-electron chi connectivity index (χ1n) is 8.93. The van der Waals surface area contributed by atoms with Crippen LogP contribution in [0.5, 0.6) is 0 Å². The first-order chi connectivity index (χ1) is 12.3. The van der Waals surface area contributed by atoms with E-state index in [9.17, 15) is 8.42 Å². The lowest BCUT2D eigenvalue weighted by Gasteiger charge is -2.20. The molecule has 0 saturated carbocycles. The lowest BCUT2D eigenvalue weighted by Crippen LogP contribution is -2.19. The van der Waals surface area contributed by atoms with E-state index in [2.05, 4.69) is 22.0 Å². The van der Waals surface area contributed by atoms with Crippen LogP contribution in [0.15, 0.2) is 17.2 Å². The van der Waals surface area contributed by atoms with E-state index >= 15 is 0 Å². The van der Waals surface area contributed by atoms with Crippen LogP contribution in [0.1, 0.15) is 31.5 Å². The molecule has 0 radical (unpaired) electrons. The highest BCUT2D eigenvalue weighted by molar-refractivity contribution is 7.91. The van der Waals surface area contributed by atoms with Gasteiger partial charge < -0.3 is 4.57 Å². The lowest BCUT2D eigenvalue weighted by atomic mass is 9.98. The van der Waals surface area contributed by atoms with Crippen LogP contribution < -0.4 is 0 Å². The molecule has 0 amide bonds. The van der Waals surface area contributed by atoms with Crippen molar-refractivity contribution >= 4 is 21.0 Å². The van der Waals surface area contributed by atoms with Gasteiger partial charge in [-0.25, -0.2) is 18.4 Å². The van der Waals surface area contributed by atoms with Gasteiger partial charge in [-0.15, -0.1) is 0 Å². The summed E-state index contributed by atoms with van der Waals surface area (Å²) >= 11 is 0. The van der Waals surface area contributed by atoms with E-state index in [1.807, 2.05) is 29.3 Å². The molecule has 4 rings (SSSR count). The highest BCUT2D eigenvalue weighted by atomic mass is 32.2. The molecular weight excluding hydrogens is 350 g/mol. The van der Waals surface area contributed by atoms with E-state index in [0.717, 1.165) is 41.8 Å². The van der Waals surface area contributed by atoms with Gasteiger partial charge in [0.25, 0.3) is 0 Å². The maximum absolute atomic E-state index is 12.9. The molecule has 0 saturated heterocycles. The fourth-order valence-electron chi connectivity index (χ4n) is 3.64. The standard InChI is InChI=1S/C18H23N5O2S/c1-5-26(24,25)16-14-9-11(2)6-7-23(14)21-15(16)18-20-13-8-12(3)10-19-17(13)22(18)4/h8,10-11H,5-7,9H2,1-4H3. The van der Waals surface area contributed by atoms with Gasteiger partial charge in [0.1, 0.15) is 16.1 Å². The Labute approximate surface area is 153 Å². The summed E-state index contributed by atoms with van der Waals surface area (Å²) in [6.45, 7) is 6.53. The summed E-state index contributed by atoms with van der Waals surface area (Å²) in [7, 11) is -1.56. The van der Waals surface area contributed by atoms with Gasteiger partial charge in [0.2, 0.25) is 0 Å². The van der Waals surface area contributed by atoms with Crippen molar-refractivity contribution in [1.82, 2.24) is 24.3 Å². The summed E-state index contributed by atoms with van der Waals surface area (Å²) < 4.78 is 29.5. The van der Waals surface area contributed by atoms with Crippen molar-refractivity contribution in [1.29, 1.82) is 0 Å². The Balaban J connectivity index is 2.02.